The lowest BCUT2D eigenvalue weighted by Crippen LogP contribution is -2.09. The minimum Gasteiger partial charge on any atom is -0.322 e. The van der Waals surface area contributed by atoms with E-state index in [1.807, 2.05) is 49.6 Å². The van der Waals surface area contributed by atoms with E-state index in [9.17, 15) is 4.79 Å². The van der Waals surface area contributed by atoms with Crippen LogP contribution in [0.4, 0.5) is 5.69 Å². The average molecular weight is 343 g/mol. The molecule has 0 fully saturated rings. The van der Waals surface area contributed by atoms with E-state index in [0.717, 1.165) is 32.7 Å². The molecule has 0 saturated heterocycles. The Morgan fingerprint density at radius 1 is 1.30 bits per heavy atom. The number of thiophene rings is 1. The summed E-state index contributed by atoms with van der Waals surface area (Å²) >= 11 is 7.76. The fraction of sp³-hybridized carbons (Fsp3) is 0.111. The van der Waals surface area contributed by atoms with Crippen molar-refractivity contribution in [3.8, 4) is 0 Å². The van der Waals surface area contributed by atoms with E-state index in [0.29, 0.717) is 5.02 Å². The van der Waals surface area contributed by atoms with Crippen molar-refractivity contribution in [3.05, 3.63) is 62.9 Å². The summed E-state index contributed by atoms with van der Waals surface area (Å²) in [5, 5.41) is 6.46. The molecule has 2 aromatic heterocycles. The van der Waals surface area contributed by atoms with Gasteiger partial charge >= 0.3 is 0 Å². The number of halogens is 1. The number of carbonyl (C=O) groups is 1. The first-order chi connectivity index (χ1) is 11.0. The number of benzene rings is 1. The number of anilines is 1. The molecule has 0 aliphatic heterocycles. The smallest absolute Gasteiger partial charge is 0.248 e. The molecule has 3 nitrogen and oxygen atoms in total. The zero-order valence-electron chi connectivity index (χ0n) is 12.8. The minimum atomic E-state index is -0.169. The van der Waals surface area contributed by atoms with Gasteiger partial charge in [0.2, 0.25) is 5.91 Å². The van der Waals surface area contributed by atoms with Crippen molar-refractivity contribution in [2.75, 3.05) is 5.32 Å². The SMILES string of the molecule is Cc1cc(NC(=O)/C=C/c2cccs2)c2ccc(Cl)c(C)c2n1. The van der Waals surface area contributed by atoms with Gasteiger partial charge in [-0.05, 0) is 55.1 Å². The number of hydrogen-bond donors (Lipinski definition) is 1. The van der Waals surface area contributed by atoms with Crippen LogP contribution in [0.25, 0.3) is 17.0 Å². The highest BCUT2D eigenvalue weighted by molar-refractivity contribution is 7.10. The lowest BCUT2D eigenvalue weighted by Gasteiger charge is -2.11. The molecule has 0 aliphatic carbocycles. The number of hydrogen-bond acceptors (Lipinski definition) is 3. The highest BCUT2D eigenvalue weighted by atomic mass is 35.5. The van der Waals surface area contributed by atoms with Crippen LogP contribution in [0.3, 0.4) is 0 Å². The fourth-order valence-corrected chi connectivity index (χ4v) is 3.12. The monoisotopic (exact) mass is 342 g/mol. The third-order valence-corrected chi connectivity index (χ3v) is 4.74. The summed E-state index contributed by atoms with van der Waals surface area (Å²) < 4.78 is 0. The van der Waals surface area contributed by atoms with Gasteiger partial charge in [0.25, 0.3) is 0 Å². The van der Waals surface area contributed by atoms with Crippen molar-refractivity contribution in [3.63, 3.8) is 0 Å². The van der Waals surface area contributed by atoms with Gasteiger partial charge in [0.15, 0.2) is 0 Å². The quantitative estimate of drug-likeness (QED) is 0.663. The number of nitrogens with one attached hydrogen (secondary N) is 1. The molecule has 0 radical (unpaired) electrons. The standard InChI is InChI=1S/C18H15ClN2OS/c1-11-10-16(14-6-7-15(19)12(2)18(14)20-11)21-17(22)8-5-13-4-3-9-23-13/h3-10H,1-2H3,(H,20,21,22)/b8-5+. The van der Waals surface area contributed by atoms with Crippen LogP contribution < -0.4 is 5.32 Å². The van der Waals surface area contributed by atoms with Gasteiger partial charge in [-0.1, -0.05) is 17.7 Å². The maximum Gasteiger partial charge on any atom is 0.248 e. The molecular formula is C18H15ClN2OS. The lowest BCUT2D eigenvalue weighted by molar-refractivity contribution is -0.111. The number of aryl methyl sites for hydroxylation is 2. The molecule has 0 saturated carbocycles. The van der Waals surface area contributed by atoms with Crippen molar-refractivity contribution in [2.24, 2.45) is 0 Å². The number of pyridine rings is 1. The van der Waals surface area contributed by atoms with Crippen molar-refractivity contribution < 1.29 is 4.79 Å². The third kappa shape index (κ3) is 3.44. The maximum absolute atomic E-state index is 12.2. The Morgan fingerprint density at radius 2 is 2.13 bits per heavy atom. The molecule has 5 heteroatoms. The Kier molecular flexibility index (Phi) is 4.46. The second-order valence-corrected chi connectivity index (χ2v) is 6.60. The third-order valence-electron chi connectivity index (χ3n) is 3.50. The summed E-state index contributed by atoms with van der Waals surface area (Å²) in [7, 11) is 0. The number of fused-ring (bicyclic) bond motifs is 1. The first kappa shape index (κ1) is 15.7. The molecule has 0 bridgehead atoms. The molecule has 0 unspecified atom stereocenters. The van der Waals surface area contributed by atoms with Crippen LogP contribution in [-0.2, 0) is 4.79 Å². The molecular weight excluding hydrogens is 328 g/mol. The summed E-state index contributed by atoms with van der Waals surface area (Å²) in [6.45, 7) is 3.83. The van der Waals surface area contributed by atoms with Crippen LogP contribution in [0.2, 0.25) is 5.02 Å². The van der Waals surface area contributed by atoms with Gasteiger partial charge < -0.3 is 5.32 Å². The van der Waals surface area contributed by atoms with Gasteiger partial charge in [0, 0.05) is 27.1 Å². The molecule has 2 heterocycles. The number of carbonyl (C=O) groups excluding carboxylic acids is 1. The Morgan fingerprint density at radius 3 is 2.87 bits per heavy atom. The Bertz CT molecular complexity index is 901. The maximum atomic E-state index is 12.2. The van der Waals surface area contributed by atoms with Crippen molar-refractivity contribution in [1.29, 1.82) is 0 Å². The van der Waals surface area contributed by atoms with Crippen LogP contribution in [0.15, 0.2) is 41.8 Å². The van der Waals surface area contributed by atoms with Gasteiger partial charge in [-0.25, -0.2) is 0 Å². The highest BCUT2D eigenvalue weighted by Crippen LogP contribution is 2.29. The van der Waals surface area contributed by atoms with Gasteiger partial charge in [0.1, 0.15) is 0 Å². The summed E-state index contributed by atoms with van der Waals surface area (Å²) in [5.74, 6) is -0.169. The molecule has 23 heavy (non-hydrogen) atoms. The number of nitrogens with zero attached hydrogens (tertiary/aromatic N) is 1. The average Bonchev–Trinajstić information content (AvgIpc) is 3.03. The first-order valence-corrected chi connectivity index (χ1v) is 8.39. The van der Waals surface area contributed by atoms with E-state index in [1.54, 1.807) is 17.4 Å². The highest BCUT2D eigenvalue weighted by Gasteiger charge is 2.10. The molecule has 3 aromatic rings. The van der Waals surface area contributed by atoms with Gasteiger partial charge in [-0.3, -0.25) is 9.78 Å². The summed E-state index contributed by atoms with van der Waals surface area (Å²) in [4.78, 5) is 17.8. The van der Waals surface area contributed by atoms with E-state index in [2.05, 4.69) is 10.3 Å². The predicted molar refractivity (Wildman–Crippen MR) is 98.2 cm³/mol. The zero-order chi connectivity index (χ0) is 16.4. The first-order valence-electron chi connectivity index (χ1n) is 7.13. The van der Waals surface area contributed by atoms with E-state index < -0.39 is 0 Å². The second kappa shape index (κ2) is 6.52. The van der Waals surface area contributed by atoms with Gasteiger partial charge in [-0.15, -0.1) is 11.3 Å². The lowest BCUT2D eigenvalue weighted by atomic mass is 10.1. The number of aromatic nitrogens is 1. The van der Waals surface area contributed by atoms with Crippen LogP contribution in [0.5, 0.6) is 0 Å². The van der Waals surface area contributed by atoms with E-state index in [1.165, 1.54) is 6.08 Å². The molecule has 116 valence electrons. The summed E-state index contributed by atoms with van der Waals surface area (Å²) in [6, 6.07) is 9.50. The van der Waals surface area contributed by atoms with Crippen molar-refractivity contribution in [2.45, 2.75) is 13.8 Å². The largest absolute Gasteiger partial charge is 0.322 e. The Balaban J connectivity index is 1.93. The predicted octanol–water partition coefficient (Wildman–Crippen LogP) is 5.22. The minimum absolute atomic E-state index is 0.169. The molecule has 0 spiro atoms. The molecule has 1 aromatic carbocycles. The Labute approximate surface area is 143 Å². The van der Waals surface area contributed by atoms with Gasteiger partial charge in [0.05, 0.1) is 11.2 Å². The molecule has 1 N–H and O–H groups in total. The fourth-order valence-electron chi connectivity index (χ4n) is 2.35. The van der Waals surface area contributed by atoms with E-state index in [-0.39, 0.29) is 5.91 Å². The molecule has 3 rings (SSSR count). The van der Waals surface area contributed by atoms with Crippen molar-refractivity contribution >= 4 is 51.5 Å². The number of rotatable bonds is 3. The topological polar surface area (TPSA) is 42.0 Å². The van der Waals surface area contributed by atoms with E-state index >= 15 is 0 Å². The number of amides is 1. The normalized spacial score (nSPS) is 11.3. The Hall–Kier alpha value is -2.17. The summed E-state index contributed by atoms with van der Waals surface area (Å²) in [6.07, 6.45) is 3.34. The van der Waals surface area contributed by atoms with Crippen LogP contribution >= 0.6 is 22.9 Å². The van der Waals surface area contributed by atoms with Crippen molar-refractivity contribution in [1.82, 2.24) is 4.98 Å². The molecule has 0 atom stereocenters. The van der Waals surface area contributed by atoms with Gasteiger partial charge in [-0.2, -0.15) is 0 Å². The van der Waals surface area contributed by atoms with E-state index in [4.69, 9.17) is 11.6 Å². The van der Waals surface area contributed by atoms with Crippen LogP contribution in [0, 0.1) is 13.8 Å². The second-order valence-electron chi connectivity index (χ2n) is 5.22. The molecule has 0 aliphatic rings. The van der Waals surface area contributed by atoms with Crippen LogP contribution in [-0.4, -0.2) is 10.9 Å². The molecule has 1 amide bonds. The summed E-state index contributed by atoms with van der Waals surface area (Å²) in [5.41, 5.74) is 3.31. The van der Waals surface area contributed by atoms with Crippen LogP contribution in [0.1, 0.15) is 16.1 Å². The zero-order valence-corrected chi connectivity index (χ0v) is 14.3.